The Kier molecular flexibility index (Phi) is 3.05. The average molecular weight is 273 g/mol. The average Bonchev–Trinajstić information content (AvgIpc) is 3.04. The Morgan fingerprint density at radius 2 is 2.32 bits per heavy atom. The third-order valence-corrected chi connectivity index (χ3v) is 3.82. The molecule has 1 aliphatic heterocycles. The van der Waals surface area contributed by atoms with E-state index in [1.54, 1.807) is 0 Å². The lowest BCUT2D eigenvalue weighted by Crippen LogP contribution is -1.89. The molecule has 2 heterocycles. The van der Waals surface area contributed by atoms with E-state index in [-0.39, 0.29) is 4.88 Å². The maximum absolute atomic E-state index is 10.7. The molecule has 1 aliphatic rings. The summed E-state index contributed by atoms with van der Waals surface area (Å²) >= 11 is 1.16. The Morgan fingerprint density at radius 1 is 1.42 bits per heavy atom. The van der Waals surface area contributed by atoms with Gasteiger partial charge < -0.3 is 9.84 Å². The summed E-state index contributed by atoms with van der Waals surface area (Å²) in [6.07, 6.45) is 6.08. The molecule has 0 saturated carbocycles. The van der Waals surface area contributed by atoms with Crippen molar-refractivity contribution >= 4 is 29.5 Å². The van der Waals surface area contributed by atoms with Crippen molar-refractivity contribution in [1.29, 1.82) is 0 Å². The Balaban J connectivity index is 1.80. The van der Waals surface area contributed by atoms with Crippen molar-refractivity contribution in [3.8, 4) is 5.75 Å². The van der Waals surface area contributed by atoms with Crippen LogP contribution in [0.1, 0.15) is 25.8 Å². The number of benzene rings is 1. The van der Waals surface area contributed by atoms with Gasteiger partial charge in [-0.1, -0.05) is 12.1 Å². The van der Waals surface area contributed by atoms with Crippen LogP contribution in [0.15, 0.2) is 24.4 Å². The number of rotatable bonds is 3. The van der Waals surface area contributed by atoms with Crippen LogP contribution in [0.5, 0.6) is 5.75 Å². The van der Waals surface area contributed by atoms with Crippen molar-refractivity contribution in [2.75, 3.05) is 6.61 Å². The Bertz CT molecular complexity index is 660. The zero-order valence-electron chi connectivity index (χ0n) is 10.00. The predicted octanol–water partition coefficient (Wildman–Crippen LogP) is 2.95. The topological polar surface area (TPSA) is 59.4 Å². The first-order valence-electron chi connectivity index (χ1n) is 5.85. The third-order valence-electron chi connectivity index (χ3n) is 2.87. The van der Waals surface area contributed by atoms with Crippen LogP contribution in [0.2, 0.25) is 0 Å². The van der Waals surface area contributed by atoms with E-state index in [9.17, 15) is 4.79 Å². The van der Waals surface area contributed by atoms with E-state index in [0.29, 0.717) is 5.01 Å². The minimum Gasteiger partial charge on any atom is -0.493 e. The molecule has 0 spiro atoms. The molecule has 1 aromatic heterocycles. The molecule has 19 heavy (non-hydrogen) atoms. The predicted molar refractivity (Wildman–Crippen MR) is 73.6 cm³/mol. The number of carbonyl (C=O) groups is 1. The first-order chi connectivity index (χ1) is 9.22. The maximum atomic E-state index is 10.7. The normalized spacial score (nSPS) is 13.5. The molecule has 3 rings (SSSR count). The van der Waals surface area contributed by atoms with Gasteiger partial charge in [0.1, 0.15) is 15.6 Å². The Labute approximate surface area is 114 Å². The molecule has 0 aliphatic carbocycles. The SMILES string of the molecule is O=C(O)c1cnc(C=Cc2ccc3c(c2)CCO3)s1. The summed E-state index contributed by atoms with van der Waals surface area (Å²) in [5, 5.41) is 9.51. The second-order valence-corrected chi connectivity index (χ2v) is 5.23. The van der Waals surface area contributed by atoms with Crippen LogP contribution >= 0.6 is 11.3 Å². The van der Waals surface area contributed by atoms with Crippen molar-refractivity contribution in [2.45, 2.75) is 6.42 Å². The van der Waals surface area contributed by atoms with E-state index in [4.69, 9.17) is 9.84 Å². The van der Waals surface area contributed by atoms with Crippen LogP contribution in [-0.4, -0.2) is 22.7 Å². The van der Waals surface area contributed by atoms with Crippen molar-refractivity contribution in [2.24, 2.45) is 0 Å². The smallest absolute Gasteiger partial charge is 0.347 e. The van der Waals surface area contributed by atoms with Gasteiger partial charge in [-0.25, -0.2) is 9.78 Å². The molecular weight excluding hydrogens is 262 g/mol. The van der Waals surface area contributed by atoms with Crippen molar-refractivity contribution in [3.63, 3.8) is 0 Å². The van der Waals surface area contributed by atoms with Crippen LogP contribution in [0.25, 0.3) is 12.2 Å². The van der Waals surface area contributed by atoms with Crippen LogP contribution in [-0.2, 0) is 6.42 Å². The van der Waals surface area contributed by atoms with Gasteiger partial charge in [-0.05, 0) is 29.3 Å². The van der Waals surface area contributed by atoms with E-state index in [1.807, 2.05) is 24.3 Å². The number of nitrogens with zero attached hydrogens (tertiary/aromatic N) is 1. The van der Waals surface area contributed by atoms with Crippen molar-refractivity contribution < 1.29 is 14.6 Å². The minimum absolute atomic E-state index is 0.252. The lowest BCUT2D eigenvalue weighted by atomic mass is 10.1. The maximum Gasteiger partial charge on any atom is 0.347 e. The van der Waals surface area contributed by atoms with Gasteiger partial charge >= 0.3 is 5.97 Å². The van der Waals surface area contributed by atoms with E-state index < -0.39 is 5.97 Å². The summed E-state index contributed by atoms with van der Waals surface area (Å²) in [7, 11) is 0. The molecular formula is C14H11NO3S. The van der Waals surface area contributed by atoms with E-state index in [1.165, 1.54) is 11.8 Å². The Morgan fingerprint density at radius 3 is 3.11 bits per heavy atom. The van der Waals surface area contributed by atoms with Gasteiger partial charge in [0.25, 0.3) is 0 Å². The molecule has 0 amide bonds. The highest BCUT2D eigenvalue weighted by atomic mass is 32.1. The highest BCUT2D eigenvalue weighted by Crippen LogP contribution is 2.26. The van der Waals surface area contributed by atoms with Gasteiger partial charge in [0.15, 0.2) is 0 Å². The molecule has 0 unspecified atom stereocenters. The monoisotopic (exact) mass is 273 g/mol. The second kappa shape index (κ2) is 4.85. The van der Waals surface area contributed by atoms with Crippen molar-refractivity contribution in [1.82, 2.24) is 4.98 Å². The highest BCUT2D eigenvalue weighted by Gasteiger charge is 2.11. The third kappa shape index (κ3) is 2.51. The number of fused-ring (bicyclic) bond motifs is 1. The van der Waals surface area contributed by atoms with Gasteiger partial charge in [0, 0.05) is 6.42 Å². The highest BCUT2D eigenvalue weighted by molar-refractivity contribution is 7.14. The molecule has 2 aromatic rings. The van der Waals surface area contributed by atoms with E-state index in [0.717, 1.165) is 35.7 Å². The van der Waals surface area contributed by atoms with Crippen LogP contribution in [0.3, 0.4) is 0 Å². The van der Waals surface area contributed by atoms with Crippen LogP contribution < -0.4 is 4.74 Å². The van der Waals surface area contributed by atoms with Crippen molar-refractivity contribution in [3.05, 3.63) is 45.4 Å². The molecule has 96 valence electrons. The number of ether oxygens (including phenoxy) is 1. The summed E-state index contributed by atoms with van der Waals surface area (Å²) in [6, 6.07) is 6.03. The molecule has 4 nitrogen and oxygen atoms in total. The molecule has 0 saturated heterocycles. The number of hydrogen-bond donors (Lipinski definition) is 1. The molecule has 0 atom stereocenters. The molecule has 0 radical (unpaired) electrons. The Hall–Kier alpha value is -2.14. The minimum atomic E-state index is -0.938. The fourth-order valence-corrected chi connectivity index (χ4v) is 2.60. The van der Waals surface area contributed by atoms with Gasteiger partial charge in [-0.3, -0.25) is 0 Å². The van der Waals surface area contributed by atoms with Gasteiger partial charge in [0.2, 0.25) is 0 Å². The summed E-state index contributed by atoms with van der Waals surface area (Å²) in [4.78, 5) is 15.1. The molecule has 1 N–H and O–H groups in total. The molecule has 1 aromatic carbocycles. The molecule has 0 bridgehead atoms. The first-order valence-corrected chi connectivity index (χ1v) is 6.67. The molecule has 5 heteroatoms. The number of carboxylic acid groups (broad SMARTS) is 1. The summed E-state index contributed by atoms with van der Waals surface area (Å²) in [5.41, 5.74) is 2.28. The van der Waals surface area contributed by atoms with Gasteiger partial charge in [0.05, 0.1) is 12.8 Å². The van der Waals surface area contributed by atoms with E-state index >= 15 is 0 Å². The fraction of sp³-hybridized carbons (Fsp3) is 0.143. The lowest BCUT2D eigenvalue weighted by Gasteiger charge is -1.99. The summed E-state index contributed by atoms with van der Waals surface area (Å²) < 4.78 is 5.45. The number of aromatic nitrogens is 1. The first kappa shape index (κ1) is 11.9. The summed E-state index contributed by atoms with van der Waals surface area (Å²) in [6.45, 7) is 0.747. The largest absolute Gasteiger partial charge is 0.493 e. The lowest BCUT2D eigenvalue weighted by molar-refractivity contribution is 0.0702. The number of aromatic carboxylic acids is 1. The molecule has 0 fully saturated rings. The number of hydrogen-bond acceptors (Lipinski definition) is 4. The van der Waals surface area contributed by atoms with Crippen LogP contribution in [0, 0.1) is 0 Å². The van der Waals surface area contributed by atoms with Crippen LogP contribution in [0.4, 0.5) is 0 Å². The fourth-order valence-electron chi connectivity index (χ4n) is 1.94. The van der Waals surface area contributed by atoms with E-state index in [2.05, 4.69) is 11.1 Å². The second-order valence-electron chi connectivity index (χ2n) is 4.17. The quantitative estimate of drug-likeness (QED) is 0.934. The summed E-state index contributed by atoms with van der Waals surface area (Å²) in [5.74, 6) is 0.0198. The zero-order chi connectivity index (χ0) is 13.2. The zero-order valence-corrected chi connectivity index (χ0v) is 10.8. The number of thiazole rings is 1. The number of carboxylic acids is 1. The van der Waals surface area contributed by atoms with Gasteiger partial charge in [-0.2, -0.15) is 0 Å². The standard InChI is InChI=1S/C14H11NO3S/c16-14(17)12-8-15-13(19-12)4-2-9-1-3-11-10(7-9)5-6-18-11/h1-4,7-8H,5-6H2,(H,16,17). The van der Waals surface area contributed by atoms with Gasteiger partial charge in [-0.15, -0.1) is 11.3 Å².